The van der Waals surface area contributed by atoms with E-state index in [0.29, 0.717) is 25.7 Å². The number of phosphoric ester groups is 2. The first-order valence-electron chi connectivity index (χ1n) is 34.8. The van der Waals surface area contributed by atoms with Gasteiger partial charge in [-0.2, -0.15) is 0 Å². The molecule has 0 aliphatic carbocycles. The monoisotopic (exact) mass is 1270 g/mol. The molecule has 0 aliphatic heterocycles. The number of carbonyl (C=O) groups excluding carboxylic acids is 4. The van der Waals surface area contributed by atoms with Gasteiger partial charge < -0.3 is 33.8 Å². The highest BCUT2D eigenvalue weighted by Crippen LogP contribution is 2.45. The third-order valence-corrected chi connectivity index (χ3v) is 17.9. The van der Waals surface area contributed by atoms with Gasteiger partial charge in [-0.05, 0) is 49.4 Å². The molecule has 0 rings (SSSR count). The molecule has 0 heterocycles. The van der Waals surface area contributed by atoms with Gasteiger partial charge in [0.1, 0.15) is 19.3 Å². The molecule has 3 N–H and O–H groups in total. The summed E-state index contributed by atoms with van der Waals surface area (Å²) in [7, 11) is -9.90. The van der Waals surface area contributed by atoms with Gasteiger partial charge in [0, 0.05) is 25.7 Å². The van der Waals surface area contributed by atoms with Crippen LogP contribution in [-0.2, 0) is 65.4 Å². The number of esters is 4. The number of aliphatic hydroxyl groups is 1. The summed E-state index contributed by atoms with van der Waals surface area (Å²) >= 11 is 0. The van der Waals surface area contributed by atoms with Gasteiger partial charge >= 0.3 is 39.5 Å². The zero-order valence-electron chi connectivity index (χ0n) is 55.9. The predicted octanol–water partition coefficient (Wildman–Crippen LogP) is 18.5. The summed E-state index contributed by atoms with van der Waals surface area (Å²) in [6.45, 7) is 14.0. The van der Waals surface area contributed by atoms with Gasteiger partial charge in [-0.1, -0.05) is 274 Å². The molecule has 0 spiro atoms. The Balaban J connectivity index is 5.27. The van der Waals surface area contributed by atoms with E-state index >= 15 is 0 Å². The van der Waals surface area contributed by atoms with Crippen LogP contribution >= 0.6 is 15.6 Å². The van der Waals surface area contributed by atoms with Gasteiger partial charge in [0.15, 0.2) is 12.2 Å². The Morgan fingerprint density at radius 1 is 0.326 bits per heavy atom. The number of hydrogen-bond donors (Lipinski definition) is 3. The SMILES string of the molecule is CCC(C)CCCCCCCCC(=O)OC[C@H](COP(=O)(O)OC[C@H](O)COP(=O)(O)OC[C@@H](COC(=O)CCCCCCCCCCCC(C)C)OC(=O)CCCCCCCCCCCCCC(C)C)OC(=O)CCCCCCCCC(C)CC. The molecular formula is C67H130O17P2. The van der Waals surface area contributed by atoms with E-state index in [1.165, 1.54) is 122 Å². The second kappa shape index (κ2) is 57.0. The zero-order chi connectivity index (χ0) is 63.9. The van der Waals surface area contributed by atoms with Crippen LogP contribution in [0.5, 0.6) is 0 Å². The second-order valence-electron chi connectivity index (χ2n) is 25.6. The Hall–Kier alpha value is -1.94. The molecule has 0 amide bonds. The quantitative estimate of drug-likeness (QED) is 0.0222. The van der Waals surface area contributed by atoms with Crippen LogP contribution in [0.25, 0.3) is 0 Å². The lowest BCUT2D eigenvalue weighted by atomic mass is 10.00. The van der Waals surface area contributed by atoms with Crippen molar-refractivity contribution in [3.05, 3.63) is 0 Å². The number of carbonyl (C=O) groups is 4. The topological polar surface area (TPSA) is 237 Å². The molecule has 0 saturated carbocycles. The number of hydrogen-bond acceptors (Lipinski definition) is 15. The summed E-state index contributed by atoms with van der Waals surface area (Å²) < 4.78 is 68.1. The predicted molar refractivity (Wildman–Crippen MR) is 344 cm³/mol. The molecule has 0 fully saturated rings. The molecule has 7 atom stereocenters. The lowest BCUT2D eigenvalue weighted by Gasteiger charge is -2.21. The van der Waals surface area contributed by atoms with Crippen molar-refractivity contribution in [2.75, 3.05) is 39.6 Å². The molecule has 510 valence electrons. The molecule has 0 aliphatic rings. The van der Waals surface area contributed by atoms with Crippen molar-refractivity contribution in [2.24, 2.45) is 23.7 Å². The normalized spacial score (nSPS) is 15.0. The van der Waals surface area contributed by atoms with Crippen molar-refractivity contribution in [2.45, 2.75) is 343 Å². The van der Waals surface area contributed by atoms with Crippen LogP contribution in [0.1, 0.15) is 325 Å². The van der Waals surface area contributed by atoms with Crippen LogP contribution in [0.4, 0.5) is 0 Å². The highest BCUT2D eigenvalue weighted by atomic mass is 31.2. The molecule has 0 aromatic rings. The summed E-state index contributed by atoms with van der Waals surface area (Å²) in [5, 5.41) is 10.6. The smallest absolute Gasteiger partial charge is 0.462 e. The van der Waals surface area contributed by atoms with Crippen molar-refractivity contribution < 1.29 is 80.2 Å². The third kappa shape index (κ3) is 58.4. The van der Waals surface area contributed by atoms with Crippen molar-refractivity contribution in [3.63, 3.8) is 0 Å². The van der Waals surface area contributed by atoms with Crippen molar-refractivity contribution >= 4 is 39.5 Å². The van der Waals surface area contributed by atoms with E-state index < -0.39 is 97.5 Å². The Labute approximate surface area is 524 Å². The highest BCUT2D eigenvalue weighted by molar-refractivity contribution is 7.47. The average Bonchev–Trinajstić information content (AvgIpc) is 3.67. The van der Waals surface area contributed by atoms with E-state index in [1.54, 1.807) is 0 Å². The maximum absolute atomic E-state index is 13.0. The standard InChI is InChI=1S/C67H130O17P2/c1-9-59(7)45-37-29-23-25-32-40-48-65(70)78-54-63(84-67(72)50-42-34-26-24-30-38-46-60(8)10-2)56-82-86(75,76)80-52-61(68)51-79-85(73,74)81-55-62(53-77-64(69)47-39-31-21-18-14-16-20-28-36-44-58(5)6)83-66(71)49-41-33-22-17-13-11-12-15-19-27-35-43-57(3)4/h57-63,68H,9-56H2,1-8H3,(H,73,74)(H,75,76)/t59?,60?,61-,62-,63-/m1/s1. The summed E-state index contributed by atoms with van der Waals surface area (Å²) in [4.78, 5) is 72.4. The fourth-order valence-electron chi connectivity index (χ4n) is 9.89. The van der Waals surface area contributed by atoms with Gasteiger partial charge in [0.25, 0.3) is 0 Å². The summed E-state index contributed by atoms with van der Waals surface area (Å²) in [5.41, 5.74) is 0. The Kier molecular flexibility index (Phi) is 55.7. The molecule has 17 nitrogen and oxygen atoms in total. The number of phosphoric acid groups is 2. The van der Waals surface area contributed by atoms with Gasteiger partial charge in [-0.15, -0.1) is 0 Å². The fraction of sp³-hybridized carbons (Fsp3) is 0.940. The highest BCUT2D eigenvalue weighted by Gasteiger charge is 2.30. The number of ether oxygens (including phenoxy) is 4. The Bertz CT molecular complexity index is 1720. The maximum Gasteiger partial charge on any atom is 0.472 e. The van der Waals surface area contributed by atoms with E-state index in [4.69, 9.17) is 37.0 Å². The van der Waals surface area contributed by atoms with Crippen molar-refractivity contribution in [1.29, 1.82) is 0 Å². The molecule has 19 heteroatoms. The molecule has 0 radical (unpaired) electrons. The first kappa shape index (κ1) is 84.1. The second-order valence-corrected chi connectivity index (χ2v) is 28.6. The molecule has 0 aromatic carbocycles. The van der Waals surface area contributed by atoms with E-state index in [-0.39, 0.29) is 25.7 Å². The maximum atomic E-state index is 13.0. The zero-order valence-corrected chi connectivity index (χ0v) is 57.7. The van der Waals surface area contributed by atoms with Crippen LogP contribution in [0, 0.1) is 23.7 Å². The molecular weight excluding hydrogens is 1140 g/mol. The summed E-state index contributed by atoms with van der Waals surface area (Å²) in [6.07, 6.45) is 37.6. The van der Waals surface area contributed by atoms with Gasteiger partial charge in [-0.3, -0.25) is 37.3 Å². The molecule has 0 saturated heterocycles. The van der Waals surface area contributed by atoms with E-state index in [2.05, 4.69) is 55.4 Å². The minimum absolute atomic E-state index is 0.101. The number of unbranched alkanes of at least 4 members (excludes halogenated alkanes) is 28. The van der Waals surface area contributed by atoms with Crippen molar-refractivity contribution in [3.8, 4) is 0 Å². The van der Waals surface area contributed by atoms with E-state index in [1.807, 2.05) is 0 Å². The number of aliphatic hydroxyl groups excluding tert-OH is 1. The molecule has 0 bridgehead atoms. The van der Waals surface area contributed by atoms with E-state index in [0.717, 1.165) is 120 Å². The van der Waals surface area contributed by atoms with Crippen LogP contribution in [0.2, 0.25) is 0 Å². The van der Waals surface area contributed by atoms with E-state index in [9.17, 15) is 43.2 Å². The van der Waals surface area contributed by atoms with Crippen LogP contribution in [-0.4, -0.2) is 96.7 Å². The third-order valence-electron chi connectivity index (χ3n) is 16.0. The van der Waals surface area contributed by atoms with Crippen LogP contribution < -0.4 is 0 Å². The fourth-order valence-corrected chi connectivity index (χ4v) is 11.5. The summed E-state index contributed by atoms with van der Waals surface area (Å²) in [6, 6.07) is 0. The molecule has 0 aromatic heterocycles. The first-order valence-corrected chi connectivity index (χ1v) is 37.8. The minimum Gasteiger partial charge on any atom is -0.462 e. The Morgan fingerprint density at radius 2 is 0.558 bits per heavy atom. The van der Waals surface area contributed by atoms with Gasteiger partial charge in [-0.25, -0.2) is 9.13 Å². The summed E-state index contributed by atoms with van der Waals surface area (Å²) in [5.74, 6) is 0.823. The van der Waals surface area contributed by atoms with Crippen LogP contribution in [0.15, 0.2) is 0 Å². The Morgan fingerprint density at radius 3 is 0.826 bits per heavy atom. The molecule has 86 heavy (non-hydrogen) atoms. The van der Waals surface area contributed by atoms with Gasteiger partial charge in [0.2, 0.25) is 0 Å². The average molecular weight is 1270 g/mol. The molecule has 4 unspecified atom stereocenters. The lowest BCUT2D eigenvalue weighted by molar-refractivity contribution is -0.161. The van der Waals surface area contributed by atoms with Crippen LogP contribution in [0.3, 0.4) is 0 Å². The van der Waals surface area contributed by atoms with Crippen molar-refractivity contribution in [1.82, 2.24) is 0 Å². The number of rotatable bonds is 64. The lowest BCUT2D eigenvalue weighted by Crippen LogP contribution is -2.30. The largest absolute Gasteiger partial charge is 0.472 e. The first-order chi connectivity index (χ1) is 41.2. The minimum atomic E-state index is -4.95. The van der Waals surface area contributed by atoms with Gasteiger partial charge in [0.05, 0.1) is 26.4 Å².